The average Bonchev–Trinajstić information content (AvgIpc) is 2.29. The van der Waals surface area contributed by atoms with Crippen LogP contribution in [0.3, 0.4) is 0 Å². The smallest absolute Gasteiger partial charge is 0.303 e. The molecule has 1 aromatic rings. The van der Waals surface area contributed by atoms with Gasteiger partial charge in [0.25, 0.3) is 0 Å². The Hall–Kier alpha value is -1.71. The fourth-order valence-electron chi connectivity index (χ4n) is 1.76. The number of phenols is 2. The summed E-state index contributed by atoms with van der Waals surface area (Å²) < 4.78 is 0. The molecule has 120 valence electrons. The van der Waals surface area contributed by atoms with Gasteiger partial charge in [0.1, 0.15) is 11.5 Å². The number of rotatable bonds is 1. The quantitative estimate of drug-likeness (QED) is 0.680. The molecule has 1 rings (SSSR count). The van der Waals surface area contributed by atoms with E-state index in [0.29, 0.717) is 5.75 Å². The van der Waals surface area contributed by atoms with Crippen molar-refractivity contribution in [3.05, 3.63) is 23.3 Å². The largest absolute Gasteiger partial charge is 0.508 e. The third kappa shape index (κ3) is 6.06. The van der Waals surface area contributed by atoms with Crippen LogP contribution in [0.15, 0.2) is 12.1 Å². The van der Waals surface area contributed by atoms with Crippen molar-refractivity contribution in [2.45, 2.75) is 65.7 Å². The molecule has 0 fully saturated rings. The Kier molecular flexibility index (Phi) is 6.28. The molecule has 0 amide bonds. The lowest BCUT2D eigenvalue weighted by Gasteiger charge is -2.27. The molecule has 0 spiro atoms. The highest BCUT2D eigenvalue weighted by atomic mass is 16.4. The maximum absolute atomic E-state index is 10.3. The number of carboxylic acid groups (broad SMARTS) is 1. The SMILES string of the molecule is CC(C)(C)c1cc(O)cc(C(C)(C)C)c1O.CCC(=O)O. The van der Waals surface area contributed by atoms with Crippen molar-refractivity contribution in [2.24, 2.45) is 0 Å². The van der Waals surface area contributed by atoms with Crippen LogP contribution in [0.25, 0.3) is 0 Å². The minimum absolute atomic E-state index is 0.178. The predicted octanol–water partition coefficient (Wildman–Crippen LogP) is 4.17. The van der Waals surface area contributed by atoms with Crippen LogP contribution in [0.5, 0.6) is 11.5 Å². The van der Waals surface area contributed by atoms with E-state index in [9.17, 15) is 15.0 Å². The maximum Gasteiger partial charge on any atom is 0.303 e. The molecule has 0 aliphatic heterocycles. The fraction of sp³-hybridized carbons (Fsp3) is 0.588. The zero-order valence-corrected chi connectivity index (χ0v) is 14.1. The fourth-order valence-corrected chi connectivity index (χ4v) is 1.76. The lowest BCUT2D eigenvalue weighted by Crippen LogP contribution is -2.16. The first-order valence-corrected chi connectivity index (χ1v) is 7.09. The normalized spacial score (nSPS) is 11.6. The average molecular weight is 296 g/mol. The van der Waals surface area contributed by atoms with Crippen LogP contribution in [0, 0.1) is 0 Å². The third-order valence-electron chi connectivity index (χ3n) is 3.01. The molecule has 0 atom stereocenters. The van der Waals surface area contributed by atoms with Crippen LogP contribution in [0.2, 0.25) is 0 Å². The Bertz CT molecular complexity index is 455. The molecule has 0 saturated heterocycles. The molecule has 4 heteroatoms. The molecule has 1 aromatic carbocycles. The lowest BCUT2D eigenvalue weighted by molar-refractivity contribution is -0.136. The van der Waals surface area contributed by atoms with Crippen molar-refractivity contribution in [2.75, 3.05) is 0 Å². The van der Waals surface area contributed by atoms with Gasteiger partial charge in [-0.2, -0.15) is 0 Å². The summed E-state index contributed by atoms with van der Waals surface area (Å²) in [6.07, 6.45) is 0.222. The van der Waals surface area contributed by atoms with Gasteiger partial charge in [0.15, 0.2) is 0 Å². The van der Waals surface area contributed by atoms with Crippen LogP contribution in [0.1, 0.15) is 66.0 Å². The van der Waals surface area contributed by atoms with E-state index in [0.717, 1.165) is 11.1 Å². The van der Waals surface area contributed by atoms with E-state index in [1.807, 2.05) is 41.5 Å². The molecule has 4 nitrogen and oxygen atoms in total. The molecule has 0 saturated carbocycles. The number of carbonyl (C=O) groups is 1. The van der Waals surface area contributed by atoms with Crippen LogP contribution < -0.4 is 0 Å². The molecule has 0 unspecified atom stereocenters. The van der Waals surface area contributed by atoms with Gasteiger partial charge in [-0.25, -0.2) is 0 Å². The number of aromatic hydroxyl groups is 2. The number of benzene rings is 1. The Morgan fingerprint density at radius 1 is 0.952 bits per heavy atom. The number of aliphatic carboxylic acids is 1. The van der Waals surface area contributed by atoms with Crippen molar-refractivity contribution in [3.63, 3.8) is 0 Å². The first-order chi connectivity index (χ1) is 9.30. The molecule has 21 heavy (non-hydrogen) atoms. The van der Waals surface area contributed by atoms with Gasteiger partial charge in [-0.05, 0) is 23.0 Å². The predicted molar refractivity (Wildman–Crippen MR) is 85.1 cm³/mol. The van der Waals surface area contributed by atoms with Crippen molar-refractivity contribution in [1.82, 2.24) is 0 Å². The van der Waals surface area contributed by atoms with Gasteiger partial charge >= 0.3 is 5.97 Å². The highest BCUT2D eigenvalue weighted by Crippen LogP contribution is 2.41. The Balaban J connectivity index is 0.000000690. The Morgan fingerprint density at radius 3 is 1.43 bits per heavy atom. The van der Waals surface area contributed by atoms with Gasteiger partial charge in [0, 0.05) is 17.5 Å². The van der Waals surface area contributed by atoms with Gasteiger partial charge in [0.05, 0.1) is 0 Å². The van der Waals surface area contributed by atoms with Crippen molar-refractivity contribution in [3.8, 4) is 11.5 Å². The van der Waals surface area contributed by atoms with E-state index in [1.54, 1.807) is 19.1 Å². The molecule has 0 aromatic heterocycles. The van der Waals surface area contributed by atoms with Crippen LogP contribution in [0.4, 0.5) is 0 Å². The molecular formula is C17H28O4. The van der Waals surface area contributed by atoms with Crippen molar-refractivity contribution in [1.29, 1.82) is 0 Å². The van der Waals surface area contributed by atoms with Gasteiger partial charge < -0.3 is 15.3 Å². The summed E-state index contributed by atoms with van der Waals surface area (Å²) >= 11 is 0. The third-order valence-corrected chi connectivity index (χ3v) is 3.01. The summed E-state index contributed by atoms with van der Waals surface area (Å²) in [5.41, 5.74) is 1.22. The van der Waals surface area contributed by atoms with E-state index < -0.39 is 5.97 Å². The zero-order valence-electron chi connectivity index (χ0n) is 14.1. The summed E-state index contributed by atoms with van der Waals surface area (Å²) in [6.45, 7) is 13.7. The topological polar surface area (TPSA) is 77.8 Å². The van der Waals surface area contributed by atoms with E-state index >= 15 is 0 Å². The maximum atomic E-state index is 10.3. The second-order valence-corrected chi connectivity index (χ2v) is 7.14. The highest BCUT2D eigenvalue weighted by Gasteiger charge is 2.26. The second kappa shape index (κ2) is 6.83. The zero-order chi connectivity index (χ0) is 17.0. The molecule has 0 heterocycles. The minimum Gasteiger partial charge on any atom is -0.508 e. The van der Waals surface area contributed by atoms with E-state index in [-0.39, 0.29) is 23.0 Å². The number of hydrogen-bond donors (Lipinski definition) is 3. The van der Waals surface area contributed by atoms with Gasteiger partial charge in [-0.1, -0.05) is 48.5 Å². The summed E-state index contributed by atoms with van der Waals surface area (Å²) in [5.74, 6) is -0.226. The molecule has 0 aliphatic carbocycles. The standard InChI is InChI=1S/C14H22O2.C3H6O2/c1-13(2,3)10-7-9(15)8-11(12(10)16)14(4,5)6;1-2-3(4)5/h7-8,15-16H,1-6H3;2H2,1H3,(H,4,5). The first-order valence-electron chi connectivity index (χ1n) is 7.09. The van der Waals surface area contributed by atoms with Crippen LogP contribution in [-0.4, -0.2) is 21.3 Å². The summed E-state index contributed by atoms with van der Waals surface area (Å²) in [5, 5.41) is 27.7. The first kappa shape index (κ1) is 19.3. The van der Waals surface area contributed by atoms with Crippen LogP contribution in [-0.2, 0) is 15.6 Å². The molecule has 0 bridgehead atoms. The summed E-state index contributed by atoms with van der Waals surface area (Å²) in [7, 11) is 0. The molecule has 3 N–H and O–H groups in total. The lowest BCUT2D eigenvalue weighted by atomic mass is 9.79. The summed E-state index contributed by atoms with van der Waals surface area (Å²) in [6, 6.07) is 3.29. The molecular weight excluding hydrogens is 268 g/mol. The van der Waals surface area contributed by atoms with Gasteiger partial charge in [0.2, 0.25) is 0 Å². The van der Waals surface area contributed by atoms with E-state index in [4.69, 9.17) is 5.11 Å². The number of carboxylic acids is 1. The molecule has 0 radical (unpaired) electrons. The van der Waals surface area contributed by atoms with E-state index in [2.05, 4.69) is 0 Å². The van der Waals surface area contributed by atoms with Crippen molar-refractivity contribution < 1.29 is 20.1 Å². The monoisotopic (exact) mass is 296 g/mol. The minimum atomic E-state index is -0.745. The second-order valence-electron chi connectivity index (χ2n) is 7.14. The van der Waals surface area contributed by atoms with E-state index in [1.165, 1.54) is 0 Å². The number of phenolic OH excluding ortho intramolecular Hbond substituents is 2. The molecule has 0 aliphatic rings. The Morgan fingerprint density at radius 2 is 1.24 bits per heavy atom. The number of hydrogen-bond acceptors (Lipinski definition) is 3. The highest BCUT2D eigenvalue weighted by molar-refractivity contribution is 5.66. The summed E-state index contributed by atoms with van der Waals surface area (Å²) in [4.78, 5) is 9.37. The van der Waals surface area contributed by atoms with Gasteiger partial charge in [-0.15, -0.1) is 0 Å². The van der Waals surface area contributed by atoms with Crippen molar-refractivity contribution >= 4 is 5.97 Å². The van der Waals surface area contributed by atoms with Crippen LogP contribution >= 0.6 is 0 Å². The van der Waals surface area contributed by atoms with Gasteiger partial charge in [-0.3, -0.25) is 4.79 Å². The Labute approximate surface area is 127 Å².